The van der Waals surface area contributed by atoms with E-state index in [1.807, 2.05) is 0 Å². The molecule has 1 aromatic rings. The maximum Gasteiger partial charge on any atom is 0.323 e. The van der Waals surface area contributed by atoms with Crippen LogP contribution < -0.4 is 5.32 Å². The van der Waals surface area contributed by atoms with Crippen LogP contribution in [-0.4, -0.2) is 51.3 Å². The van der Waals surface area contributed by atoms with Gasteiger partial charge in [0.25, 0.3) is 0 Å². The van der Waals surface area contributed by atoms with Crippen LogP contribution in [-0.2, 0) is 16.1 Å². The van der Waals surface area contributed by atoms with Crippen LogP contribution >= 0.6 is 0 Å². The molecule has 0 atom stereocenters. The number of rotatable bonds is 6. The van der Waals surface area contributed by atoms with Gasteiger partial charge in [0.05, 0.1) is 12.7 Å². The lowest BCUT2D eigenvalue weighted by molar-refractivity contribution is -0.140. The van der Waals surface area contributed by atoms with Crippen LogP contribution in [0.15, 0.2) is 16.8 Å². The molecular weight excluding hydrogens is 246 g/mol. The lowest BCUT2D eigenvalue weighted by Gasteiger charge is -2.18. The standard InChI is InChI=1S/C9H11N3O6/c13-7(14)4-12(5-8(15)16)9(17)10-3-6-1-2-11-18-6/h1-2H,3-5H2,(H,10,17)(H,13,14)(H,15,16). The summed E-state index contributed by atoms with van der Waals surface area (Å²) in [6.07, 6.45) is 1.38. The van der Waals surface area contributed by atoms with Crippen molar-refractivity contribution in [3.05, 3.63) is 18.0 Å². The van der Waals surface area contributed by atoms with E-state index in [-0.39, 0.29) is 6.54 Å². The summed E-state index contributed by atoms with van der Waals surface area (Å²) in [5, 5.41) is 22.8. The molecule has 0 saturated heterocycles. The zero-order valence-electron chi connectivity index (χ0n) is 9.20. The normalized spacial score (nSPS) is 9.78. The van der Waals surface area contributed by atoms with E-state index in [4.69, 9.17) is 14.7 Å². The SMILES string of the molecule is O=C(O)CN(CC(=O)O)C(=O)NCc1ccno1. The van der Waals surface area contributed by atoms with Gasteiger partial charge in [-0.15, -0.1) is 0 Å². The van der Waals surface area contributed by atoms with Crippen molar-refractivity contribution < 1.29 is 29.1 Å². The van der Waals surface area contributed by atoms with Crippen LogP contribution in [0.1, 0.15) is 5.76 Å². The van der Waals surface area contributed by atoms with Crippen molar-refractivity contribution in [2.75, 3.05) is 13.1 Å². The van der Waals surface area contributed by atoms with Gasteiger partial charge in [0.2, 0.25) is 0 Å². The minimum Gasteiger partial charge on any atom is -0.480 e. The molecule has 0 aliphatic carbocycles. The van der Waals surface area contributed by atoms with Crippen LogP contribution in [0, 0.1) is 0 Å². The predicted octanol–water partition coefficient (Wildman–Crippen LogP) is -0.645. The summed E-state index contributed by atoms with van der Waals surface area (Å²) in [4.78, 5) is 33.2. The average molecular weight is 257 g/mol. The lowest BCUT2D eigenvalue weighted by Crippen LogP contribution is -2.45. The van der Waals surface area contributed by atoms with E-state index in [0.717, 1.165) is 0 Å². The third-order valence-corrected chi connectivity index (χ3v) is 1.84. The molecule has 9 nitrogen and oxygen atoms in total. The first-order valence-electron chi connectivity index (χ1n) is 4.85. The molecule has 1 heterocycles. The van der Waals surface area contributed by atoms with Gasteiger partial charge in [-0.2, -0.15) is 0 Å². The molecule has 1 rings (SSSR count). The topological polar surface area (TPSA) is 133 Å². The Kier molecular flexibility index (Phi) is 4.67. The van der Waals surface area contributed by atoms with E-state index in [1.54, 1.807) is 0 Å². The van der Waals surface area contributed by atoms with Gasteiger partial charge in [-0.25, -0.2) is 4.79 Å². The van der Waals surface area contributed by atoms with Crippen molar-refractivity contribution >= 4 is 18.0 Å². The molecule has 0 aromatic carbocycles. The second kappa shape index (κ2) is 6.23. The van der Waals surface area contributed by atoms with E-state index in [1.165, 1.54) is 12.3 Å². The molecule has 0 aliphatic heterocycles. The molecule has 0 aliphatic rings. The fraction of sp³-hybridized carbons (Fsp3) is 0.333. The van der Waals surface area contributed by atoms with Gasteiger partial charge in [0.15, 0.2) is 5.76 Å². The summed E-state index contributed by atoms with van der Waals surface area (Å²) in [7, 11) is 0. The fourth-order valence-electron chi connectivity index (χ4n) is 1.13. The molecule has 98 valence electrons. The number of aromatic nitrogens is 1. The molecule has 1 aromatic heterocycles. The molecule has 0 fully saturated rings. The van der Waals surface area contributed by atoms with Gasteiger partial charge in [-0.1, -0.05) is 5.16 Å². The van der Waals surface area contributed by atoms with E-state index in [9.17, 15) is 14.4 Å². The third-order valence-electron chi connectivity index (χ3n) is 1.84. The second-order valence-corrected chi connectivity index (χ2v) is 3.28. The molecule has 2 amide bonds. The summed E-state index contributed by atoms with van der Waals surface area (Å²) >= 11 is 0. The summed E-state index contributed by atoms with van der Waals surface area (Å²) in [5.41, 5.74) is 0. The van der Waals surface area contributed by atoms with E-state index >= 15 is 0 Å². The highest BCUT2D eigenvalue weighted by molar-refractivity contribution is 5.83. The van der Waals surface area contributed by atoms with Gasteiger partial charge in [0, 0.05) is 6.07 Å². The lowest BCUT2D eigenvalue weighted by atomic mass is 10.4. The number of nitrogens with zero attached hydrogens (tertiary/aromatic N) is 2. The largest absolute Gasteiger partial charge is 0.480 e. The number of hydrogen-bond acceptors (Lipinski definition) is 5. The molecule has 0 spiro atoms. The van der Waals surface area contributed by atoms with E-state index in [0.29, 0.717) is 10.7 Å². The number of amides is 2. The average Bonchev–Trinajstić information content (AvgIpc) is 2.76. The Bertz CT molecular complexity index is 414. The number of carbonyl (C=O) groups excluding carboxylic acids is 1. The highest BCUT2D eigenvalue weighted by Crippen LogP contribution is 1.97. The van der Waals surface area contributed by atoms with Crippen molar-refractivity contribution in [1.82, 2.24) is 15.4 Å². The summed E-state index contributed by atoms with van der Waals surface area (Å²) in [6.45, 7) is -1.41. The Morgan fingerprint density at radius 3 is 2.33 bits per heavy atom. The van der Waals surface area contributed by atoms with E-state index < -0.39 is 31.1 Å². The molecule has 9 heteroatoms. The van der Waals surface area contributed by atoms with Crippen molar-refractivity contribution in [3.8, 4) is 0 Å². The molecule has 0 radical (unpaired) electrons. The number of carboxylic acid groups (broad SMARTS) is 2. The quantitative estimate of drug-likeness (QED) is 0.616. The zero-order valence-corrected chi connectivity index (χ0v) is 9.20. The minimum absolute atomic E-state index is 0.00539. The third kappa shape index (κ3) is 4.51. The van der Waals surface area contributed by atoms with Gasteiger partial charge in [0.1, 0.15) is 13.1 Å². The van der Waals surface area contributed by atoms with Crippen LogP contribution in [0.5, 0.6) is 0 Å². The molecular formula is C9H11N3O6. The van der Waals surface area contributed by atoms with Gasteiger partial charge >= 0.3 is 18.0 Å². The molecule has 0 unspecified atom stereocenters. The molecule has 0 bridgehead atoms. The fourth-order valence-corrected chi connectivity index (χ4v) is 1.13. The van der Waals surface area contributed by atoms with Gasteiger partial charge < -0.3 is 25.0 Å². The number of nitrogens with one attached hydrogen (secondary N) is 1. The van der Waals surface area contributed by atoms with Crippen LogP contribution in [0.3, 0.4) is 0 Å². The number of carboxylic acids is 2. The maximum absolute atomic E-state index is 11.5. The Labute approximate surface area is 101 Å². The monoisotopic (exact) mass is 257 g/mol. The summed E-state index contributed by atoms with van der Waals surface area (Å²) in [5.74, 6) is -2.23. The summed E-state index contributed by atoms with van der Waals surface area (Å²) in [6, 6.07) is 0.704. The van der Waals surface area contributed by atoms with Gasteiger partial charge in [-0.05, 0) is 0 Å². The first-order chi connectivity index (χ1) is 8.49. The first kappa shape index (κ1) is 13.5. The first-order valence-corrected chi connectivity index (χ1v) is 4.85. The molecule has 0 saturated carbocycles. The number of carbonyl (C=O) groups is 3. The smallest absolute Gasteiger partial charge is 0.323 e. The number of urea groups is 1. The van der Waals surface area contributed by atoms with Crippen molar-refractivity contribution in [3.63, 3.8) is 0 Å². The number of aliphatic carboxylic acids is 2. The van der Waals surface area contributed by atoms with Crippen molar-refractivity contribution in [2.24, 2.45) is 0 Å². The Balaban J connectivity index is 2.52. The van der Waals surface area contributed by atoms with Crippen LogP contribution in [0.25, 0.3) is 0 Å². The van der Waals surface area contributed by atoms with Gasteiger partial charge in [-0.3, -0.25) is 9.59 Å². The van der Waals surface area contributed by atoms with Crippen LogP contribution in [0.2, 0.25) is 0 Å². The Morgan fingerprint density at radius 2 is 1.89 bits per heavy atom. The highest BCUT2D eigenvalue weighted by Gasteiger charge is 2.19. The number of hydrogen-bond donors (Lipinski definition) is 3. The highest BCUT2D eigenvalue weighted by atomic mass is 16.5. The van der Waals surface area contributed by atoms with Crippen LogP contribution in [0.4, 0.5) is 4.79 Å². The van der Waals surface area contributed by atoms with E-state index in [2.05, 4.69) is 10.5 Å². The molecule has 18 heavy (non-hydrogen) atoms. The Hall–Kier alpha value is -2.58. The predicted molar refractivity (Wildman–Crippen MR) is 55.6 cm³/mol. The van der Waals surface area contributed by atoms with Crippen molar-refractivity contribution in [1.29, 1.82) is 0 Å². The Morgan fingerprint density at radius 1 is 1.28 bits per heavy atom. The summed E-state index contributed by atoms with van der Waals surface area (Å²) < 4.78 is 4.71. The zero-order chi connectivity index (χ0) is 13.5. The van der Waals surface area contributed by atoms with Crippen molar-refractivity contribution in [2.45, 2.75) is 6.54 Å². The second-order valence-electron chi connectivity index (χ2n) is 3.28. The minimum atomic E-state index is -1.30. The molecule has 3 N–H and O–H groups in total. The maximum atomic E-state index is 11.5.